The average Bonchev–Trinajstić information content (AvgIpc) is 2.74. The van der Waals surface area contributed by atoms with Crippen LogP contribution >= 0.6 is 11.5 Å². The molecule has 1 aromatic heterocycles. The molecule has 0 spiro atoms. The third-order valence-corrected chi connectivity index (χ3v) is 3.23. The monoisotopic (exact) mass is 228 g/mol. The molecule has 1 aliphatic carbocycles. The molecule has 0 aliphatic heterocycles. The lowest BCUT2D eigenvalue weighted by Gasteiger charge is -2.26. The van der Waals surface area contributed by atoms with Crippen LogP contribution in [0.4, 0.5) is 4.39 Å². The first-order valence-corrected chi connectivity index (χ1v) is 5.96. The number of rotatable bonds is 2. The quantitative estimate of drug-likeness (QED) is 0.842. The Morgan fingerprint density at radius 3 is 3.00 bits per heavy atom. The van der Waals surface area contributed by atoms with Crippen molar-refractivity contribution < 1.29 is 9.18 Å². The van der Waals surface area contributed by atoms with Gasteiger partial charge in [0.15, 0.2) is 0 Å². The molecule has 0 aromatic carbocycles. The van der Waals surface area contributed by atoms with Crippen LogP contribution in [-0.2, 0) is 0 Å². The maximum absolute atomic E-state index is 13.4. The van der Waals surface area contributed by atoms with Crippen molar-refractivity contribution >= 4 is 17.4 Å². The van der Waals surface area contributed by atoms with Crippen molar-refractivity contribution in [2.45, 2.75) is 37.9 Å². The third-order valence-electron chi connectivity index (χ3n) is 2.67. The van der Waals surface area contributed by atoms with Crippen molar-refractivity contribution in [3.63, 3.8) is 0 Å². The van der Waals surface area contributed by atoms with Crippen molar-refractivity contribution in [1.82, 2.24) is 9.69 Å². The molecular weight excluding hydrogens is 215 g/mol. The largest absolute Gasteiger partial charge is 0.345 e. The topological polar surface area (TPSA) is 42.0 Å². The SMILES string of the molecule is O=C(N[C@@H]1CCCC[C@H]1F)c1ccsn1. The summed E-state index contributed by atoms with van der Waals surface area (Å²) >= 11 is 1.23. The number of nitrogens with one attached hydrogen (secondary N) is 1. The molecule has 1 N–H and O–H groups in total. The highest BCUT2D eigenvalue weighted by molar-refractivity contribution is 7.03. The zero-order chi connectivity index (χ0) is 10.7. The van der Waals surface area contributed by atoms with Crippen LogP contribution in [0.15, 0.2) is 11.4 Å². The van der Waals surface area contributed by atoms with Crippen molar-refractivity contribution in [3.8, 4) is 0 Å². The smallest absolute Gasteiger partial charge is 0.271 e. The van der Waals surface area contributed by atoms with Crippen molar-refractivity contribution in [1.29, 1.82) is 0 Å². The van der Waals surface area contributed by atoms with Gasteiger partial charge in [0.2, 0.25) is 0 Å². The van der Waals surface area contributed by atoms with E-state index in [2.05, 4.69) is 9.69 Å². The molecule has 1 fully saturated rings. The van der Waals surface area contributed by atoms with Crippen molar-refractivity contribution in [2.75, 3.05) is 0 Å². The average molecular weight is 228 g/mol. The van der Waals surface area contributed by atoms with Gasteiger partial charge < -0.3 is 5.32 Å². The van der Waals surface area contributed by atoms with Crippen molar-refractivity contribution in [2.24, 2.45) is 0 Å². The van der Waals surface area contributed by atoms with Gasteiger partial charge in [-0.2, -0.15) is 4.37 Å². The first-order chi connectivity index (χ1) is 7.27. The predicted octanol–water partition coefficient (Wildman–Crippen LogP) is 2.15. The fourth-order valence-electron chi connectivity index (χ4n) is 1.82. The summed E-state index contributed by atoms with van der Waals surface area (Å²) in [4.78, 5) is 11.6. The Labute approximate surface area is 91.9 Å². The molecule has 3 nitrogen and oxygen atoms in total. The molecule has 0 saturated heterocycles. The molecule has 5 heteroatoms. The summed E-state index contributed by atoms with van der Waals surface area (Å²) < 4.78 is 17.3. The molecule has 1 saturated carbocycles. The summed E-state index contributed by atoms with van der Waals surface area (Å²) in [5.41, 5.74) is 0.387. The number of halogens is 1. The Hall–Kier alpha value is -0.970. The van der Waals surface area contributed by atoms with Gasteiger partial charge in [0.25, 0.3) is 5.91 Å². The Bertz CT molecular complexity index is 328. The first-order valence-electron chi connectivity index (χ1n) is 5.12. The Balaban J connectivity index is 1.93. The van der Waals surface area contributed by atoms with Crippen LogP contribution in [-0.4, -0.2) is 22.5 Å². The minimum absolute atomic E-state index is 0.259. The molecule has 2 rings (SSSR count). The van der Waals surface area contributed by atoms with Crippen LogP contribution < -0.4 is 5.32 Å². The first kappa shape index (κ1) is 10.5. The van der Waals surface area contributed by atoms with E-state index in [1.54, 1.807) is 11.4 Å². The predicted molar refractivity (Wildman–Crippen MR) is 56.7 cm³/mol. The summed E-state index contributed by atoms with van der Waals surface area (Å²) in [5.74, 6) is -0.259. The number of aromatic nitrogens is 1. The maximum Gasteiger partial charge on any atom is 0.271 e. The number of hydrogen-bond donors (Lipinski definition) is 1. The van der Waals surface area contributed by atoms with Gasteiger partial charge in [-0.25, -0.2) is 4.39 Å². The molecule has 2 atom stereocenters. The molecule has 1 aliphatic rings. The van der Waals surface area contributed by atoms with Crippen LogP contribution in [0.3, 0.4) is 0 Å². The van der Waals surface area contributed by atoms with Gasteiger partial charge in [-0.1, -0.05) is 12.8 Å². The third kappa shape index (κ3) is 2.53. The highest BCUT2D eigenvalue weighted by Crippen LogP contribution is 2.21. The van der Waals surface area contributed by atoms with Gasteiger partial charge in [0.1, 0.15) is 11.9 Å². The number of alkyl halides is 1. The molecule has 0 unspecified atom stereocenters. The lowest BCUT2D eigenvalue weighted by atomic mass is 9.93. The maximum atomic E-state index is 13.4. The molecule has 1 amide bonds. The van der Waals surface area contributed by atoms with Gasteiger partial charge in [-0.3, -0.25) is 4.79 Å². The van der Waals surface area contributed by atoms with E-state index < -0.39 is 6.17 Å². The van der Waals surface area contributed by atoms with Crippen LogP contribution in [0.1, 0.15) is 36.2 Å². The zero-order valence-corrected chi connectivity index (χ0v) is 9.10. The number of amides is 1. The zero-order valence-electron chi connectivity index (χ0n) is 8.28. The number of hydrogen-bond acceptors (Lipinski definition) is 3. The lowest BCUT2D eigenvalue weighted by Crippen LogP contribution is -2.43. The van der Waals surface area contributed by atoms with Crippen LogP contribution in [0.2, 0.25) is 0 Å². The molecule has 1 heterocycles. The second-order valence-electron chi connectivity index (χ2n) is 3.77. The lowest BCUT2D eigenvalue weighted by molar-refractivity contribution is 0.0880. The normalized spacial score (nSPS) is 26.2. The van der Waals surface area contributed by atoms with E-state index >= 15 is 0 Å². The van der Waals surface area contributed by atoms with E-state index in [1.807, 2.05) is 0 Å². The minimum Gasteiger partial charge on any atom is -0.345 e. The Kier molecular flexibility index (Phi) is 3.30. The summed E-state index contributed by atoms with van der Waals surface area (Å²) in [6.45, 7) is 0. The molecule has 15 heavy (non-hydrogen) atoms. The highest BCUT2D eigenvalue weighted by Gasteiger charge is 2.26. The highest BCUT2D eigenvalue weighted by atomic mass is 32.1. The summed E-state index contributed by atoms with van der Waals surface area (Å²) in [6.07, 6.45) is 2.30. The number of carbonyl (C=O) groups is 1. The van der Waals surface area contributed by atoms with E-state index in [0.29, 0.717) is 12.1 Å². The standard InChI is InChI=1S/C10H13FN2OS/c11-7-3-1-2-4-8(7)12-10(14)9-5-6-15-13-9/h5-8H,1-4H2,(H,12,14)/t7-,8-/m1/s1. The molecule has 82 valence electrons. The van der Waals surface area contributed by atoms with Gasteiger partial charge in [-0.15, -0.1) is 0 Å². The molecule has 0 bridgehead atoms. The van der Waals surface area contributed by atoms with Gasteiger partial charge in [0, 0.05) is 5.38 Å². The Morgan fingerprint density at radius 2 is 2.33 bits per heavy atom. The van der Waals surface area contributed by atoms with Crippen LogP contribution in [0.25, 0.3) is 0 Å². The summed E-state index contributed by atoms with van der Waals surface area (Å²) in [6, 6.07) is 1.32. The van der Waals surface area contributed by atoms with Gasteiger partial charge in [-0.05, 0) is 30.4 Å². The molecule has 1 aromatic rings. The van der Waals surface area contributed by atoms with E-state index in [1.165, 1.54) is 11.5 Å². The fraction of sp³-hybridized carbons (Fsp3) is 0.600. The van der Waals surface area contributed by atoms with Crippen LogP contribution in [0, 0.1) is 0 Å². The van der Waals surface area contributed by atoms with Gasteiger partial charge in [0.05, 0.1) is 6.04 Å². The van der Waals surface area contributed by atoms with E-state index in [0.717, 1.165) is 19.3 Å². The molecule has 0 radical (unpaired) electrons. The molecular formula is C10H13FN2OS. The Morgan fingerprint density at radius 1 is 1.53 bits per heavy atom. The number of nitrogens with zero attached hydrogens (tertiary/aromatic N) is 1. The van der Waals surface area contributed by atoms with Crippen molar-refractivity contribution in [3.05, 3.63) is 17.1 Å². The van der Waals surface area contributed by atoms with E-state index in [4.69, 9.17) is 0 Å². The number of carbonyl (C=O) groups excluding carboxylic acids is 1. The summed E-state index contributed by atoms with van der Waals surface area (Å²) in [7, 11) is 0. The van der Waals surface area contributed by atoms with E-state index in [-0.39, 0.29) is 11.9 Å². The second kappa shape index (κ2) is 4.70. The minimum atomic E-state index is -0.902. The van der Waals surface area contributed by atoms with Gasteiger partial charge >= 0.3 is 0 Å². The summed E-state index contributed by atoms with van der Waals surface area (Å²) in [5, 5.41) is 4.44. The van der Waals surface area contributed by atoms with E-state index in [9.17, 15) is 9.18 Å². The second-order valence-corrected chi connectivity index (χ2v) is 4.43. The van der Waals surface area contributed by atoms with Crippen LogP contribution in [0.5, 0.6) is 0 Å². The fourth-order valence-corrected chi connectivity index (χ4v) is 2.33.